The van der Waals surface area contributed by atoms with Crippen molar-refractivity contribution >= 4 is 17.8 Å². The molecule has 2 N–H and O–H groups in total. The van der Waals surface area contributed by atoms with Gasteiger partial charge in [0, 0.05) is 13.8 Å². The van der Waals surface area contributed by atoms with Crippen molar-refractivity contribution in [3.63, 3.8) is 0 Å². The van der Waals surface area contributed by atoms with Crippen molar-refractivity contribution < 1.29 is 33.7 Å². The SMILES string of the molecule is COc1cccc(-c2ccc(CCC[C@@H](C(=O)N[C@H](C(=O)O)C(C)(C)C)C3OC(C)(C)OC3=O)cc2C)c1. The number of hydrogen-bond donors (Lipinski definition) is 2. The number of aliphatic carboxylic acids is 1. The molecule has 1 fully saturated rings. The Hall–Kier alpha value is -3.39. The molecule has 8 nitrogen and oxygen atoms in total. The first kappa shape index (κ1) is 29.2. The lowest BCUT2D eigenvalue weighted by molar-refractivity contribution is -0.162. The second kappa shape index (κ2) is 11.6. The summed E-state index contributed by atoms with van der Waals surface area (Å²) in [6, 6.07) is 13.0. The van der Waals surface area contributed by atoms with Crippen LogP contribution in [-0.2, 0) is 30.3 Å². The van der Waals surface area contributed by atoms with Crippen LogP contribution >= 0.6 is 0 Å². The van der Waals surface area contributed by atoms with E-state index >= 15 is 0 Å². The number of carboxylic acid groups (broad SMARTS) is 1. The van der Waals surface area contributed by atoms with E-state index in [1.165, 1.54) is 0 Å². The minimum absolute atomic E-state index is 0.328. The standard InChI is InChI=1S/C30H39NO7/c1-18-16-19(14-15-22(18)20-11-9-12-21(17-20)36-7)10-8-13-23(24-28(35)38-30(5,6)37-24)26(32)31-25(27(33)34)29(2,3)4/h9,11-12,14-17,23-25H,8,10,13H2,1-7H3,(H,31,32)(H,33,34)/t23-,24?,25-/m1/s1. The number of aryl methyl sites for hydroxylation is 2. The minimum Gasteiger partial charge on any atom is -0.497 e. The van der Waals surface area contributed by atoms with Crippen LogP contribution in [0.5, 0.6) is 5.75 Å². The van der Waals surface area contributed by atoms with Crippen LogP contribution in [0.25, 0.3) is 11.1 Å². The molecule has 1 saturated heterocycles. The first-order chi connectivity index (χ1) is 17.7. The third kappa shape index (κ3) is 7.13. The van der Waals surface area contributed by atoms with E-state index in [0.29, 0.717) is 19.3 Å². The number of carbonyl (C=O) groups excluding carboxylic acids is 2. The number of carbonyl (C=O) groups is 3. The van der Waals surface area contributed by atoms with Crippen LogP contribution in [-0.4, -0.2) is 48.0 Å². The number of carboxylic acids is 1. The van der Waals surface area contributed by atoms with Gasteiger partial charge in [-0.25, -0.2) is 9.59 Å². The van der Waals surface area contributed by atoms with Gasteiger partial charge in [-0.05, 0) is 66.0 Å². The monoisotopic (exact) mass is 525 g/mol. The molecule has 0 bridgehead atoms. The van der Waals surface area contributed by atoms with Crippen molar-refractivity contribution in [2.75, 3.05) is 7.11 Å². The molecule has 1 unspecified atom stereocenters. The lowest BCUT2D eigenvalue weighted by Gasteiger charge is -2.30. The van der Waals surface area contributed by atoms with Gasteiger partial charge in [-0.1, -0.05) is 51.1 Å². The summed E-state index contributed by atoms with van der Waals surface area (Å²) in [4.78, 5) is 37.8. The van der Waals surface area contributed by atoms with E-state index in [4.69, 9.17) is 14.2 Å². The Morgan fingerprint density at radius 1 is 1.16 bits per heavy atom. The lowest BCUT2D eigenvalue weighted by atomic mass is 9.85. The molecule has 38 heavy (non-hydrogen) atoms. The summed E-state index contributed by atoms with van der Waals surface area (Å²) in [7, 11) is 1.64. The van der Waals surface area contributed by atoms with Crippen molar-refractivity contribution in [2.24, 2.45) is 11.3 Å². The van der Waals surface area contributed by atoms with Crippen LogP contribution in [0.2, 0.25) is 0 Å². The first-order valence-electron chi connectivity index (χ1n) is 12.9. The summed E-state index contributed by atoms with van der Waals surface area (Å²) >= 11 is 0. The normalized spacial score (nSPS) is 18.4. The molecule has 1 amide bonds. The van der Waals surface area contributed by atoms with Crippen LogP contribution in [0.15, 0.2) is 42.5 Å². The smallest absolute Gasteiger partial charge is 0.338 e. The predicted octanol–water partition coefficient (Wildman–Crippen LogP) is 4.90. The fourth-order valence-corrected chi connectivity index (χ4v) is 4.76. The number of hydrogen-bond acceptors (Lipinski definition) is 6. The molecular formula is C30H39NO7. The van der Waals surface area contributed by atoms with E-state index in [2.05, 4.69) is 30.4 Å². The van der Waals surface area contributed by atoms with E-state index in [0.717, 1.165) is 28.0 Å². The Balaban J connectivity index is 1.75. The van der Waals surface area contributed by atoms with Crippen LogP contribution < -0.4 is 10.1 Å². The van der Waals surface area contributed by atoms with Crippen LogP contribution in [0.3, 0.4) is 0 Å². The molecule has 8 heteroatoms. The highest BCUT2D eigenvalue weighted by molar-refractivity contribution is 5.90. The summed E-state index contributed by atoms with van der Waals surface area (Å²) in [6.07, 6.45) is 0.498. The number of methoxy groups -OCH3 is 1. The van der Waals surface area contributed by atoms with Gasteiger partial charge in [0.25, 0.3) is 0 Å². The Kier molecular flexibility index (Phi) is 8.87. The first-order valence-corrected chi connectivity index (χ1v) is 12.9. The Morgan fingerprint density at radius 3 is 2.42 bits per heavy atom. The van der Waals surface area contributed by atoms with Crippen LogP contribution in [0.1, 0.15) is 58.6 Å². The van der Waals surface area contributed by atoms with Gasteiger partial charge < -0.3 is 24.6 Å². The molecular weight excluding hydrogens is 486 g/mol. The summed E-state index contributed by atoms with van der Waals surface area (Å²) in [6.45, 7) is 10.5. The van der Waals surface area contributed by atoms with E-state index in [1.807, 2.05) is 24.3 Å². The van der Waals surface area contributed by atoms with E-state index in [-0.39, 0.29) is 0 Å². The zero-order chi connectivity index (χ0) is 28.3. The summed E-state index contributed by atoms with van der Waals surface area (Å²) in [5, 5.41) is 12.3. The van der Waals surface area contributed by atoms with Crippen molar-refractivity contribution in [2.45, 2.75) is 78.7 Å². The summed E-state index contributed by atoms with van der Waals surface area (Å²) < 4.78 is 16.4. The highest BCUT2D eigenvalue weighted by atomic mass is 16.8. The maximum Gasteiger partial charge on any atom is 0.338 e. The van der Waals surface area contributed by atoms with Crippen LogP contribution in [0.4, 0.5) is 0 Å². The highest BCUT2D eigenvalue weighted by Gasteiger charge is 2.48. The molecule has 0 radical (unpaired) electrons. The molecule has 2 aromatic carbocycles. The van der Waals surface area contributed by atoms with Crippen molar-refractivity contribution in [3.05, 3.63) is 53.6 Å². The maximum absolute atomic E-state index is 13.3. The summed E-state index contributed by atoms with van der Waals surface area (Å²) in [5.41, 5.74) is 3.67. The number of amides is 1. The number of ether oxygens (including phenoxy) is 3. The Labute approximate surface area is 224 Å². The number of benzene rings is 2. The Morgan fingerprint density at radius 2 is 1.87 bits per heavy atom. The van der Waals surface area contributed by atoms with Crippen molar-refractivity contribution in [3.8, 4) is 16.9 Å². The maximum atomic E-state index is 13.3. The highest BCUT2D eigenvalue weighted by Crippen LogP contribution is 2.32. The number of esters is 1. The summed E-state index contributed by atoms with van der Waals surface area (Å²) in [5.74, 6) is -3.52. The molecule has 0 aromatic heterocycles. The van der Waals surface area contributed by atoms with Gasteiger partial charge in [-0.2, -0.15) is 0 Å². The quantitative estimate of drug-likeness (QED) is 0.424. The average molecular weight is 526 g/mol. The molecule has 3 atom stereocenters. The lowest BCUT2D eigenvalue weighted by Crippen LogP contribution is -2.52. The zero-order valence-corrected chi connectivity index (χ0v) is 23.3. The largest absolute Gasteiger partial charge is 0.497 e. The van der Waals surface area contributed by atoms with E-state index in [1.54, 1.807) is 41.7 Å². The molecule has 3 rings (SSSR count). The van der Waals surface area contributed by atoms with Crippen LogP contribution in [0, 0.1) is 18.3 Å². The minimum atomic E-state index is -1.15. The third-order valence-corrected chi connectivity index (χ3v) is 6.74. The second-order valence-electron chi connectivity index (χ2n) is 11.4. The van der Waals surface area contributed by atoms with E-state index in [9.17, 15) is 19.5 Å². The molecule has 0 aliphatic carbocycles. The third-order valence-electron chi connectivity index (χ3n) is 6.74. The van der Waals surface area contributed by atoms with Gasteiger partial charge in [-0.3, -0.25) is 4.79 Å². The fraction of sp³-hybridized carbons (Fsp3) is 0.500. The topological polar surface area (TPSA) is 111 Å². The average Bonchev–Trinajstić information content (AvgIpc) is 3.10. The van der Waals surface area contributed by atoms with Gasteiger partial charge >= 0.3 is 11.9 Å². The van der Waals surface area contributed by atoms with Gasteiger partial charge in [0.05, 0.1) is 13.0 Å². The van der Waals surface area contributed by atoms with Gasteiger partial charge in [0.15, 0.2) is 6.10 Å². The van der Waals surface area contributed by atoms with Gasteiger partial charge in [0.2, 0.25) is 11.7 Å². The predicted molar refractivity (Wildman–Crippen MR) is 144 cm³/mol. The number of nitrogens with one attached hydrogen (secondary N) is 1. The molecule has 1 heterocycles. The molecule has 1 aliphatic heterocycles. The molecule has 206 valence electrons. The fourth-order valence-electron chi connectivity index (χ4n) is 4.76. The number of rotatable bonds is 10. The Bertz CT molecular complexity index is 1180. The van der Waals surface area contributed by atoms with E-state index < -0.39 is 47.1 Å². The van der Waals surface area contributed by atoms with Gasteiger partial charge in [-0.15, -0.1) is 0 Å². The van der Waals surface area contributed by atoms with Crippen molar-refractivity contribution in [1.82, 2.24) is 5.32 Å². The molecule has 0 saturated carbocycles. The molecule has 2 aromatic rings. The zero-order valence-electron chi connectivity index (χ0n) is 23.3. The van der Waals surface area contributed by atoms with Gasteiger partial charge in [0.1, 0.15) is 11.8 Å². The molecule has 0 spiro atoms. The van der Waals surface area contributed by atoms with Crippen molar-refractivity contribution in [1.29, 1.82) is 0 Å². The molecule has 1 aliphatic rings. The number of cyclic esters (lactones) is 1. The second-order valence-corrected chi connectivity index (χ2v) is 11.4.